The number of nitrogens with two attached hydrogens (primary N) is 1. The van der Waals surface area contributed by atoms with E-state index in [-0.39, 0.29) is 11.9 Å². The number of amides is 1. The van der Waals surface area contributed by atoms with E-state index in [1.807, 2.05) is 13.1 Å². The van der Waals surface area contributed by atoms with E-state index in [2.05, 4.69) is 12.1 Å². The molecule has 0 bridgehead atoms. The largest absolute Gasteiger partial charge is 0.324 e. The van der Waals surface area contributed by atoms with E-state index in [9.17, 15) is 4.79 Å². The minimum atomic E-state index is 0.113. The number of hydrogen-bond acceptors (Lipinski definition) is 2. The van der Waals surface area contributed by atoms with Gasteiger partial charge in [-0.25, -0.2) is 0 Å². The van der Waals surface area contributed by atoms with E-state index in [4.69, 9.17) is 5.73 Å². The Balaban J connectivity index is 1.65. The summed E-state index contributed by atoms with van der Waals surface area (Å²) in [6, 6.07) is 6.38. The molecule has 2 N–H and O–H groups in total. The minimum absolute atomic E-state index is 0.113. The second-order valence-electron chi connectivity index (χ2n) is 6.35. The van der Waals surface area contributed by atoms with Crippen LogP contribution in [0.3, 0.4) is 0 Å². The van der Waals surface area contributed by atoms with E-state index < -0.39 is 0 Å². The lowest BCUT2D eigenvalue weighted by Gasteiger charge is -2.16. The molecule has 0 spiro atoms. The molecule has 1 atom stereocenters. The molecule has 1 aromatic carbocycles. The van der Waals surface area contributed by atoms with Gasteiger partial charge < -0.3 is 10.6 Å². The van der Waals surface area contributed by atoms with Crippen LogP contribution in [0.1, 0.15) is 55.7 Å². The number of benzene rings is 1. The maximum atomic E-state index is 11.7. The summed E-state index contributed by atoms with van der Waals surface area (Å²) in [5.41, 5.74) is 9.70. The third-order valence-corrected chi connectivity index (χ3v) is 4.97. The molecule has 3 rings (SSSR count). The molecular formula is C17H24N2O. The molecule has 1 aromatic rings. The molecule has 20 heavy (non-hydrogen) atoms. The third-order valence-electron chi connectivity index (χ3n) is 4.97. The molecule has 1 saturated carbocycles. The van der Waals surface area contributed by atoms with Crippen LogP contribution in [0.2, 0.25) is 0 Å². The number of fused-ring (bicyclic) bond motifs is 1. The number of rotatable bonds is 4. The first-order chi connectivity index (χ1) is 9.65. The lowest BCUT2D eigenvalue weighted by atomic mass is 9.94. The first-order valence-electron chi connectivity index (χ1n) is 7.80. The number of carbonyl (C=O) groups excluding carboxylic acids is 1. The van der Waals surface area contributed by atoms with E-state index in [1.54, 1.807) is 4.90 Å². The normalized spacial score (nSPS) is 20.5. The van der Waals surface area contributed by atoms with Crippen LogP contribution < -0.4 is 10.6 Å². The summed E-state index contributed by atoms with van der Waals surface area (Å²) in [6.45, 7) is 0. The molecule has 2 aliphatic rings. The van der Waals surface area contributed by atoms with Crippen LogP contribution >= 0.6 is 0 Å². The number of carbonyl (C=O) groups is 1. The zero-order valence-corrected chi connectivity index (χ0v) is 12.3. The number of hydrogen-bond donors (Lipinski definition) is 1. The van der Waals surface area contributed by atoms with Crippen molar-refractivity contribution >= 4 is 11.6 Å². The summed E-state index contributed by atoms with van der Waals surface area (Å²) in [4.78, 5) is 13.4. The van der Waals surface area contributed by atoms with E-state index in [1.165, 1.54) is 37.7 Å². The Hall–Kier alpha value is -1.35. The number of likely N-dealkylation sites (N-methyl/N-ethyl adjacent to an activating group) is 1. The van der Waals surface area contributed by atoms with Gasteiger partial charge in [0, 0.05) is 18.8 Å². The molecule has 1 amide bonds. The summed E-state index contributed by atoms with van der Waals surface area (Å²) < 4.78 is 0. The van der Waals surface area contributed by atoms with Crippen LogP contribution in [-0.4, -0.2) is 13.0 Å². The van der Waals surface area contributed by atoms with E-state index >= 15 is 0 Å². The van der Waals surface area contributed by atoms with Crippen LogP contribution in [0.25, 0.3) is 0 Å². The van der Waals surface area contributed by atoms with Crippen molar-refractivity contribution < 1.29 is 4.79 Å². The SMILES string of the molecule is CN1C(=O)Cc2cc(C(N)CCC3CCCC3)ccc21. The van der Waals surface area contributed by atoms with Gasteiger partial charge >= 0.3 is 0 Å². The maximum Gasteiger partial charge on any atom is 0.231 e. The molecule has 3 nitrogen and oxygen atoms in total. The van der Waals surface area contributed by atoms with Crippen molar-refractivity contribution in [2.24, 2.45) is 11.7 Å². The fourth-order valence-electron chi connectivity index (χ4n) is 3.60. The van der Waals surface area contributed by atoms with E-state index in [0.29, 0.717) is 6.42 Å². The van der Waals surface area contributed by atoms with Crippen molar-refractivity contribution in [1.82, 2.24) is 0 Å². The predicted octanol–water partition coefficient (Wildman–Crippen LogP) is 3.18. The topological polar surface area (TPSA) is 46.3 Å². The van der Waals surface area contributed by atoms with Crippen molar-refractivity contribution in [3.05, 3.63) is 29.3 Å². The molecule has 1 heterocycles. The summed E-state index contributed by atoms with van der Waals surface area (Å²) in [5, 5.41) is 0. The Morgan fingerprint density at radius 2 is 2.10 bits per heavy atom. The van der Waals surface area contributed by atoms with Gasteiger partial charge in [0.2, 0.25) is 5.91 Å². The fraction of sp³-hybridized carbons (Fsp3) is 0.588. The lowest BCUT2D eigenvalue weighted by Crippen LogP contribution is -2.20. The Morgan fingerprint density at radius 1 is 1.35 bits per heavy atom. The van der Waals surface area contributed by atoms with Gasteiger partial charge in [0.1, 0.15) is 0 Å². The van der Waals surface area contributed by atoms with Crippen molar-refractivity contribution in [2.75, 3.05) is 11.9 Å². The Kier molecular flexibility index (Phi) is 3.79. The molecule has 1 unspecified atom stereocenters. The molecular weight excluding hydrogens is 248 g/mol. The standard InChI is InChI=1S/C17H24N2O/c1-19-16-9-7-13(10-14(16)11-17(19)20)15(18)8-6-12-4-2-3-5-12/h7,9-10,12,15H,2-6,8,11,18H2,1H3. The van der Waals surface area contributed by atoms with Crippen LogP contribution in [0.5, 0.6) is 0 Å². The average Bonchev–Trinajstić information content (AvgIpc) is 3.05. The van der Waals surface area contributed by atoms with Gasteiger partial charge in [-0.2, -0.15) is 0 Å². The average molecular weight is 272 g/mol. The van der Waals surface area contributed by atoms with Gasteiger partial charge in [0.05, 0.1) is 6.42 Å². The highest BCUT2D eigenvalue weighted by molar-refractivity contribution is 6.00. The minimum Gasteiger partial charge on any atom is -0.324 e. The van der Waals surface area contributed by atoms with Gasteiger partial charge in [-0.15, -0.1) is 0 Å². The Morgan fingerprint density at radius 3 is 2.85 bits per heavy atom. The lowest BCUT2D eigenvalue weighted by molar-refractivity contribution is -0.117. The molecule has 1 aliphatic carbocycles. The zero-order chi connectivity index (χ0) is 14.1. The van der Waals surface area contributed by atoms with Crippen LogP contribution in [0, 0.1) is 5.92 Å². The highest BCUT2D eigenvalue weighted by atomic mass is 16.2. The van der Waals surface area contributed by atoms with Gasteiger partial charge in [0.15, 0.2) is 0 Å². The smallest absolute Gasteiger partial charge is 0.231 e. The highest BCUT2D eigenvalue weighted by Gasteiger charge is 2.24. The molecule has 108 valence electrons. The van der Waals surface area contributed by atoms with Crippen LogP contribution in [0.15, 0.2) is 18.2 Å². The van der Waals surface area contributed by atoms with Crippen molar-refractivity contribution in [2.45, 2.75) is 51.0 Å². The summed E-state index contributed by atoms with van der Waals surface area (Å²) >= 11 is 0. The van der Waals surface area contributed by atoms with Crippen molar-refractivity contribution in [3.8, 4) is 0 Å². The first-order valence-corrected chi connectivity index (χ1v) is 7.80. The summed E-state index contributed by atoms with van der Waals surface area (Å²) in [6.07, 6.45) is 8.39. The maximum absolute atomic E-state index is 11.7. The van der Waals surface area contributed by atoms with Gasteiger partial charge in [-0.05, 0) is 36.0 Å². The Bertz CT molecular complexity index is 506. The second kappa shape index (κ2) is 5.57. The predicted molar refractivity (Wildman–Crippen MR) is 81.7 cm³/mol. The van der Waals surface area contributed by atoms with Crippen LogP contribution in [-0.2, 0) is 11.2 Å². The molecule has 0 aromatic heterocycles. The van der Waals surface area contributed by atoms with Gasteiger partial charge in [-0.1, -0.05) is 37.8 Å². The molecule has 1 fully saturated rings. The summed E-state index contributed by atoms with van der Waals surface area (Å²) in [7, 11) is 1.84. The molecule has 1 aliphatic heterocycles. The quantitative estimate of drug-likeness (QED) is 0.915. The highest BCUT2D eigenvalue weighted by Crippen LogP contribution is 2.33. The Labute approximate surface area is 121 Å². The van der Waals surface area contributed by atoms with Crippen LogP contribution in [0.4, 0.5) is 5.69 Å². The van der Waals surface area contributed by atoms with E-state index in [0.717, 1.165) is 23.6 Å². The fourth-order valence-corrected chi connectivity index (χ4v) is 3.60. The number of nitrogens with zero attached hydrogens (tertiary/aromatic N) is 1. The van der Waals surface area contributed by atoms with Crippen molar-refractivity contribution in [1.29, 1.82) is 0 Å². The molecule has 0 radical (unpaired) electrons. The molecule has 3 heteroatoms. The third kappa shape index (κ3) is 2.59. The van der Waals surface area contributed by atoms with Crippen molar-refractivity contribution in [3.63, 3.8) is 0 Å². The monoisotopic (exact) mass is 272 g/mol. The van der Waals surface area contributed by atoms with Gasteiger partial charge in [0.25, 0.3) is 0 Å². The number of anilines is 1. The zero-order valence-electron chi connectivity index (χ0n) is 12.3. The van der Waals surface area contributed by atoms with Gasteiger partial charge in [-0.3, -0.25) is 4.79 Å². The molecule has 0 saturated heterocycles. The first kappa shape index (κ1) is 13.6. The second-order valence-corrected chi connectivity index (χ2v) is 6.35. The summed E-state index contributed by atoms with van der Waals surface area (Å²) in [5.74, 6) is 1.07.